The zero-order valence-corrected chi connectivity index (χ0v) is 14.7. The minimum atomic E-state index is -0.833. The van der Waals surface area contributed by atoms with E-state index >= 15 is 0 Å². The topological polar surface area (TPSA) is 46.5 Å². The van der Waals surface area contributed by atoms with Gasteiger partial charge in [0.15, 0.2) is 0 Å². The average molecular weight is 302 g/mol. The summed E-state index contributed by atoms with van der Waals surface area (Å²) in [5.74, 6) is -0.833. The normalized spacial score (nSPS) is 10.0. The highest BCUT2D eigenvalue weighted by molar-refractivity contribution is 5.62. The Balaban J connectivity index is 0. The van der Waals surface area contributed by atoms with Crippen LogP contribution in [-0.4, -0.2) is 24.3 Å². The Labute approximate surface area is 132 Å². The van der Waals surface area contributed by atoms with Gasteiger partial charge in [-0.3, -0.25) is 4.79 Å². The summed E-state index contributed by atoms with van der Waals surface area (Å²) in [4.78, 5) is 9.00. The maximum Gasteiger partial charge on any atom is 0.300 e. The SMILES string of the molecule is CC(=O)O.CCCCCCCCOCCCCCCCC. The molecule has 0 aliphatic rings. The molecule has 0 aromatic carbocycles. The van der Waals surface area contributed by atoms with Crippen molar-refractivity contribution < 1.29 is 14.6 Å². The van der Waals surface area contributed by atoms with E-state index in [9.17, 15) is 0 Å². The summed E-state index contributed by atoms with van der Waals surface area (Å²) in [6.07, 6.45) is 16.3. The molecular formula is C18H38O3. The Bertz CT molecular complexity index is 175. The Hall–Kier alpha value is -0.570. The molecule has 0 aliphatic carbocycles. The summed E-state index contributed by atoms with van der Waals surface area (Å²) in [5, 5.41) is 7.42. The summed E-state index contributed by atoms with van der Waals surface area (Å²) >= 11 is 0. The summed E-state index contributed by atoms with van der Waals surface area (Å²) in [7, 11) is 0. The van der Waals surface area contributed by atoms with E-state index in [4.69, 9.17) is 14.6 Å². The molecule has 21 heavy (non-hydrogen) atoms. The molecular weight excluding hydrogens is 264 g/mol. The second-order valence-corrected chi connectivity index (χ2v) is 5.67. The van der Waals surface area contributed by atoms with Crippen LogP contribution in [0.2, 0.25) is 0 Å². The van der Waals surface area contributed by atoms with Crippen LogP contribution in [0.4, 0.5) is 0 Å². The molecule has 0 aromatic heterocycles. The predicted octanol–water partition coefficient (Wildman–Crippen LogP) is 5.81. The number of hydrogen-bond acceptors (Lipinski definition) is 2. The van der Waals surface area contributed by atoms with Crippen molar-refractivity contribution in [3.8, 4) is 0 Å². The van der Waals surface area contributed by atoms with Crippen LogP contribution < -0.4 is 0 Å². The van der Waals surface area contributed by atoms with Gasteiger partial charge in [-0.25, -0.2) is 0 Å². The van der Waals surface area contributed by atoms with Crippen LogP contribution >= 0.6 is 0 Å². The molecule has 128 valence electrons. The van der Waals surface area contributed by atoms with Crippen LogP contribution in [-0.2, 0) is 9.53 Å². The fraction of sp³-hybridized carbons (Fsp3) is 0.944. The quantitative estimate of drug-likeness (QED) is 0.411. The van der Waals surface area contributed by atoms with Gasteiger partial charge >= 0.3 is 0 Å². The van der Waals surface area contributed by atoms with Crippen molar-refractivity contribution in [2.75, 3.05) is 13.2 Å². The molecule has 0 rings (SSSR count). The van der Waals surface area contributed by atoms with Crippen molar-refractivity contribution >= 4 is 5.97 Å². The van der Waals surface area contributed by atoms with Crippen LogP contribution in [0.3, 0.4) is 0 Å². The van der Waals surface area contributed by atoms with Crippen LogP contribution in [0.25, 0.3) is 0 Å². The largest absolute Gasteiger partial charge is 0.481 e. The summed E-state index contributed by atoms with van der Waals surface area (Å²) < 4.78 is 5.65. The summed E-state index contributed by atoms with van der Waals surface area (Å²) in [5.41, 5.74) is 0. The van der Waals surface area contributed by atoms with Crippen molar-refractivity contribution in [3.63, 3.8) is 0 Å². The minimum absolute atomic E-state index is 0.833. The molecule has 0 spiro atoms. The van der Waals surface area contributed by atoms with Crippen LogP contribution in [0.15, 0.2) is 0 Å². The molecule has 0 amide bonds. The third kappa shape index (κ3) is 32.7. The van der Waals surface area contributed by atoms with E-state index in [-0.39, 0.29) is 0 Å². The Morgan fingerprint density at radius 3 is 1.33 bits per heavy atom. The molecule has 0 fully saturated rings. The zero-order chi connectivity index (χ0) is 16.2. The van der Waals surface area contributed by atoms with E-state index in [1.54, 1.807) is 0 Å². The van der Waals surface area contributed by atoms with Gasteiger partial charge in [0.1, 0.15) is 0 Å². The maximum atomic E-state index is 9.00. The zero-order valence-electron chi connectivity index (χ0n) is 14.7. The highest BCUT2D eigenvalue weighted by Crippen LogP contribution is 2.06. The lowest BCUT2D eigenvalue weighted by molar-refractivity contribution is -0.134. The van der Waals surface area contributed by atoms with E-state index in [1.165, 1.54) is 77.0 Å². The molecule has 0 heterocycles. The second-order valence-electron chi connectivity index (χ2n) is 5.67. The Morgan fingerprint density at radius 2 is 1.00 bits per heavy atom. The van der Waals surface area contributed by atoms with Crippen molar-refractivity contribution in [2.45, 2.75) is 97.8 Å². The first-order valence-corrected chi connectivity index (χ1v) is 8.92. The van der Waals surface area contributed by atoms with E-state index in [0.717, 1.165) is 20.1 Å². The third-order valence-electron chi connectivity index (χ3n) is 3.28. The predicted molar refractivity (Wildman–Crippen MR) is 90.9 cm³/mol. The van der Waals surface area contributed by atoms with E-state index in [1.807, 2.05) is 0 Å². The average Bonchev–Trinajstić information content (AvgIpc) is 2.43. The standard InChI is InChI=1S/C16H34O.C2H4O2/c1-3-5-7-9-11-13-15-17-16-14-12-10-8-6-4-2;1-2(3)4/h3-16H2,1-2H3;1H3,(H,3,4). The van der Waals surface area contributed by atoms with Gasteiger partial charge in [0.2, 0.25) is 0 Å². The monoisotopic (exact) mass is 302 g/mol. The van der Waals surface area contributed by atoms with Crippen LogP contribution in [0.1, 0.15) is 97.8 Å². The van der Waals surface area contributed by atoms with Gasteiger partial charge in [0.05, 0.1) is 0 Å². The number of ether oxygens (including phenoxy) is 1. The number of unbranched alkanes of at least 4 members (excludes halogenated alkanes) is 10. The number of carbonyl (C=O) groups is 1. The lowest BCUT2D eigenvalue weighted by Gasteiger charge is -2.04. The molecule has 0 aromatic rings. The van der Waals surface area contributed by atoms with Crippen molar-refractivity contribution in [1.82, 2.24) is 0 Å². The third-order valence-corrected chi connectivity index (χ3v) is 3.28. The molecule has 0 atom stereocenters. The van der Waals surface area contributed by atoms with Gasteiger partial charge in [-0.05, 0) is 12.8 Å². The molecule has 3 heteroatoms. The highest BCUT2D eigenvalue weighted by Gasteiger charge is 1.92. The summed E-state index contributed by atoms with van der Waals surface area (Å²) in [6, 6.07) is 0. The first-order chi connectivity index (χ1) is 10.1. The van der Waals surface area contributed by atoms with Gasteiger partial charge in [-0.2, -0.15) is 0 Å². The number of aliphatic carboxylic acids is 1. The van der Waals surface area contributed by atoms with E-state index in [2.05, 4.69) is 13.8 Å². The lowest BCUT2D eigenvalue weighted by Crippen LogP contribution is -1.97. The van der Waals surface area contributed by atoms with Gasteiger partial charge in [0.25, 0.3) is 5.97 Å². The molecule has 0 unspecified atom stereocenters. The first-order valence-electron chi connectivity index (χ1n) is 8.92. The number of carboxylic acids is 1. The molecule has 0 bridgehead atoms. The van der Waals surface area contributed by atoms with Crippen molar-refractivity contribution in [1.29, 1.82) is 0 Å². The van der Waals surface area contributed by atoms with Gasteiger partial charge < -0.3 is 9.84 Å². The summed E-state index contributed by atoms with van der Waals surface area (Å²) in [6.45, 7) is 7.59. The molecule has 0 aliphatic heterocycles. The fourth-order valence-corrected chi connectivity index (χ4v) is 2.07. The van der Waals surface area contributed by atoms with Crippen molar-refractivity contribution in [3.05, 3.63) is 0 Å². The number of carboxylic acid groups (broad SMARTS) is 1. The van der Waals surface area contributed by atoms with E-state index < -0.39 is 5.97 Å². The molecule has 0 saturated heterocycles. The van der Waals surface area contributed by atoms with Gasteiger partial charge in [-0.1, -0.05) is 78.1 Å². The second kappa shape index (κ2) is 21.7. The Morgan fingerprint density at radius 1 is 0.714 bits per heavy atom. The lowest BCUT2D eigenvalue weighted by atomic mass is 10.1. The molecule has 3 nitrogen and oxygen atoms in total. The van der Waals surface area contributed by atoms with Crippen LogP contribution in [0, 0.1) is 0 Å². The first kappa shape index (κ1) is 22.7. The number of hydrogen-bond donors (Lipinski definition) is 1. The van der Waals surface area contributed by atoms with Crippen molar-refractivity contribution in [2.24, 2.45) is 0 Å². The smallest absolute Gasteiger partial charge is 0.300 e. The maximum absolute atomic E-state index is 9.00. The Kier molecular flexibility index (Phi) is 23.5. The number of rotatable bonds is 14. The minimum Gasteiger partial charge on any atom is -0.481 e. The van der Waals surface area contributed by atoms with Crippen LogP contribution in [0.5, 0.6) is 0 Å². The fourth-order valence-electron chi connectivity index (χ4n) is 2.07. The molecule has 1 N–H and O–H groups in total. The van der Waals surface area contributed by atoms with Gasteiger partial charge in [-0.15, -0.1) is 0 Å². The van der Waals surface area contributed by atoms with Gasteiger partial charge in [0, 0.05) is 20.1 Å². The highest BCUT2D eigenvalue weighted by atomic mass is 16.5. The molecule has 0 saturated carbocycles. The molecule has 0 radical (unpaired) electrons. The van der Waals surface area contributed by atoms with E-state index in [0.29, 0.717) is 0 Å².